The summed E-state index contributed by atoms with van der Waals surface area (Å²) in [7, 11) is 1.62. The Labute approximate surface area is 261 Å². The maximum Gasteiger partial charge on any atom is 0.243 e. The number of methoxy groups -OCH3 is 1. The van der Waals surface area contributed by atoms with E-state index < -0.39 is 12.1 Å². The van der Waals surface area contributed by atoms with Gasteiger partial charge in [-0.2, -0.15) is 0 Å². The van der Waals surface area contributed by atoms with E-state index in [0.717, 1.165) is 28.0 Å². The molecule has 0 unspecified atom stereocenters. The molecule has 6 rings (SSSR count). The lowest BCUT2D eigenvalue weighted by Gasteiger charge is -2.26. The molecule has 2 aromatic heterocycles. The Morgan fingerprint density at radius 2 is 1.78 bits per heavy atom. The molecule has 1 fully saturated rings. The van der Waals surface area contributed by atoms with Crippen LogP contribution in [0.1, 0.15) is 34.4 Å². The van der Waals surface area contributed by atoms with E-state index in [1.54, 1.807) is 30.4 Å². The van der Waals surface area contributed by atoms with E-state index in [4.69, 9.17) is 4.74 Å². The third-order valence-electron chi connectivity index (χ3n) is 8.21. The summed E-state index contributed by atoms with van der Waals surface area (Å²) in [6, 6.07) is 17.4. The van der Waals surface area contributed by atoms with Gasteiger partial charge in [-0.25, -0.2) is 4.68 Å². The van der Waals surface area contributed by atoms with Crippen molar-refractivity contribution in [3.8, 4) is 5.75 Å². The number of benzene rings is 2. The van der Waals surface area contributed by atoms with Crippen molar-refractivity contribution < 1.29 is 19.1 Å². The molecule has 4 aromatic rings. The Bertz CT molecular complexity index is 1660. The number of carbonyl (C=O) groups is 3. The van der Waals surface area contributed by atoms with Gasteiger partial charge in [0.2, 0.25) is 17.7 Å². The minimum Gasteiger partial charge on any atom is -0.497 e. The second-order valence-corrected chi connectivity index (χ2v) is 11.5. The Morgan fingerprint density at radius 1 is 0.933 bits per heavy atom. The van der Waals surface area contributed by atoms with Gasteiger partial charge < -0.3 is 20.7 Å². The van der Waals surface area contributed by atoms with Gasteiger partial charge >= 0.3 is 0 Å². The molecule has 2 aliphatic rings. The Morgan fingerprint density at radius 3 is 2.60 bits per heavy atom. The predicted octanol–water partition coefficient (Wildman–Crippen LogP) is 1.39. The highest BCUT2D eigenvalue weighted by Gasteiger charge is 2.39. The molecule has 0 saturated carbocycles. The first-order valence-corrected chi connectivity index (χ1v) is 15.0. The van der Waals surface area contributed by atoms with Crippen LogP contribution < -0.4 is 20.7 Å². The average molecular weight is 609 g/mol. The van der Waals surface area contributed by atoms with Crippen molar-refractivity contribution in [3.63, 3.8) is 0 Å². The van der Waals surface area contributed by atoms with Crippen LogP contribution in [0.4, 0.5) is 0 Å². The standard InChI is InChI=1S/C33H36N8O4/c1-45-28-10-4-6-22(12-28)18-40-20-26-15-30(40)33(44)37-29(14-27-21-41(39-38-27)19-23-7-5-11-34-16-23)32(43)35-17-25-9-3-2-8-24(25)13-31(42)36-26/h2-12,16,21,26,29-30H,13-15,17-20H2,1H3,(H,35,43)(H,36,42)(H,37,44)/t26-,29-,30+/m1/s1. The third kappa shape index (κ3) is 7.52. The van der Waals surface area contributed by atoms with Crippen molar-refractivity contribution in [1.82, 2.24) is 40.8 Å². The lowest BCUT2D eigenvalue weighted by atomic mass is 10.0. The fraction of sp³-hybridized carbons (Fsp3) is 0.333. The normalized spacial score (nSPS) is 20.8. The number of nitrogens with zero attached hydrogens (tertiary/aromatic N) is 5. The molecule has 232 valence electrons. The number of likely N-dealkylation sites (tertiary alicyclic amines) is 1. The number of hydrogen-bond donors (Lipinski definition) is 3. The van der Waals surface area contributed by atoms with Crippen LogP contribution in [-0.2, 0) is 46.9 Å². The van der Waals surface area contributed by atoms with Crippen molar-refractivity contribution in [3.05, 3.63) is 107 Å². The fourth-order valence-corrected chi connectivity index (χ4v) is 5.99. The Hall–Kier alpha value is -5.10. The van der Waals surface area contributed by atoms with Gasteiger partial charge in [-0.15, -0.1) is 5.10 Å². The zero-order valence-electron chi connectivity index (χ0n) is 25.1. The molecular weight excluding hydrogens is 572 g/mol. The van der Waals surface area contributed by atoms with Crippen LogP contribution in [0.15, 0.2) is 79.3 Å². The van der Waals surface area contributed by atoms with E-state index in [2.05, 4.69) is 31.2 Å². The molecule has 3 amide bonds. The molecule has 2 aliphatic heterocycles. The molecule has 3 N–H and O–H groups in total. The Kier molecular flexibility index (Phi) is 9.11. The van der Waals surface area contributed by atoms with Gasteiger partial charge in [0.25, 0.3) is 0 Å². The fourth-order valence-electron chi connectivity index (χ4n) is 5.99. The molecule has 4 heterocycles. The number of nitrogens with one attached hydrogen (secondary N) is 3. The molecule has 2 aromatic carbocycles. The number of hydrogen-bond acceptors (Lipinski definition) is 8. The first kappa shape index (κ1) is 29.9. The summed E-state index contributed by atoms with van der Waals surface area (Å²) in [6.45, 7) is 1.67. The summed E-state index contributed by atoms with van der Waals surface area (Å²) in [6.07, 6.45) is 6.01. The predicted molar refractivity (Wildman–Crippen MR) is 165 cm³/mol. The highest BCUT2D eigenvalue weighted by molar-refractivity contribution is 5.90. The molecule has 2 bridgehead atoms. The number of amides is 3. The van der Waals surface area contributed by atoms with Crippen LogP contribution in [-0.4, -0.2) is 74.4 Å². The summed E-state index contributed by atoms with van der Waals surface area (Å²) in [5.41, 5.74) is 4.20. The van der Waals surface area contributed by atoms with E-state index in [0.29, 0.717) is 31.7 Å². The van der Waals surface area contributed by atoms with Gasteiger partial charge in [-0.1, -0.05) is 47.7 Å². The van der Waals surface area contributed by atoms with Crippen LogP contribution >= 0.6 is 0 Å². The van der Waals surface area contributed by atoms with Crippen LogP contribution in [0, 0.1) is 0 Å². The maximum atomic E-state index is 13.9. The summed E-state index contributed by atoms with van der Waals surface area (Å²) < 4.78 is 7.08. The van der Waals surface area contributed by atoms with Gasteiger partial charge in [0.1, 0.15) is 11.8 Å². The molecule has 45 heavy (non-hydrogen) atoms. The molecule has 0 radical (unpaired) electrons. The van der Waals surface area contributed by atoms with E-state index in [9.17, 15) is 14.4 Å². The second-order valence-electron chi connectivity index (χ2n) is 11.5. The van der Waals surface area contributed by atoms with Gasteiger partial charge in [0.05, 0.1) is 31.8 Å². The topological polar surface area (TPSA) is 143 Å². The van der Waals surface area contributed by atoms with Gasteiger partial charge in [-0.3, -0.25) is 24.3 Å². The zero-order valence-corrected chi connectivity index (χ0v) is 25.1. The summed E-state index contributed by atoms with van der Waals surface area (Å²) in [5.74, 6) is -0.0150. The van der Waals surface area contributed by atoms with Crippen molar-refractivity contribution in [2.24, 2.45) is 0 Å². The second kappa shape index (κ2) is 13.7. The minimum atomic E-state index is -0.886. The Balaban J connectivity index is 1.26. The smallest absolute Gasteiger partial charge is 0.243 e. The van der Waals surface area contributed by atoms with Crippen molar-refractivity contribution in [1.29, 1.82) is 0 Å². The number of ether oxygens (including phenoxy) is 1. The summed E-state index contributed by atoms with van der Waals surface area (Å²) in [5, 5.41) is 17.7. The quantitative estimate of drug-likeness (QED) is 0.286. The van der Waals surface area contributed by atoms with Gasteiger partial charge in [0, 0.05) is 50.7 Å². The van der Waals surface area contributed by atoms with Crippen molar-refractivity contribution in [2.45, 2.75) is 57.0 Å². The molecular formula is C33H36N8O4. The van der Waals surface area contributed by atoms with Crippen LogP contribution in [0.3, 0.4) is 0 Å². The summed E-state index contributed by atoms with van der Waals surface area (Å²) >= 11 is 0. The van der Waals surface area contributed by atoms with E-state index in [-0.39, 0.29) is 43.1 Å². The molecule has 12 heteroatoms. The highest BCUT2D eigenvalue weighted by atomic mass is 16.5. The lowest BCUT2D eigenvalue weighted by Crippen LogP contribution is -2.53. The first-order valence-electron chi connectivity index (χ1n) is 15.0. The number of pyridine rings is 1. The van der Waals surface area contributed by atoms with Gasteiger partial charge in [-0.05, 0) is 46.9 Å². The molecule has 3 atom stereocenters. The van der Waals surface area contributed by atoms with E-state index >= 15 is 0 Å². The number of rotatable bonds is 7. The van der Waals surface area contributed by atoms with Gasteiger partial charge in [0.15, 0.2) is 0 Å². The number of carbonyl (C=O) groups excluding carboxylic acids is 3. The zero-order chi connectivity index (χ0) is 31.2. The van der Waals surface area contributed by atoms with Crippen LogP contribution in [0.2, 0.25) is 0 Å². The summed E-state index contributed by atoms with van der Waals surface area (Å²) in [4.78, 5) is 46.9. The van der Waals surface area contributed by atoms with Crippen LogP contribution in [0.25, 0.3) is 0 Å². The largest absolute Gasteiger partial charge is 0.497 e. The number of fused-ring (bicyclic) bond motifs is 3. The molecule has 0 aliphatic carbocycles. The van der Waals surface area contributed by atoms with E-state index in [1.165, 1.54) is 0 Å². The SMILES string of the molecule is COc1cccc(CN2C[C@H]3C[C@H]2C(=O)N[C@H](Cc2cn(Cc4cccnc4)nn2)C(=O)NCc2ccccc2CC(=O)N3)c1. The first-order chi connectivity index (χ1) is 21.9. The van der Waals surface area contributed by atoms with Crippen molar-refractivity contribution >= 4 is 17.7 Å². The number of aromatic nitrogens is 4. The maximum absolute atomic E-state index is 13.9. The van der Waals surface area contributed by atoms with E-state index in [1.807, 2.05) is 65.6 Å². The molecule has 1 saturated heterocycles. The monoisotopic (exact) mass is 608 g/mol. The lowest BCUT2D eigenvalue weighted by molar-refractivity contribution is -0.131. The molecule has 0 spiro atoms. The van der Waals surface area contributed by atoms with Crippen molar-refractivity contribution in [2.75, 3.05) is 13.7 Å². The molecule has 12 nitrogen and oxygen atoms in total. The average Bonchev–Trinajstić information content (AvgIpc) is 3.66. The third-order valence-corrected chi connectivity index (χ3v) is 8.21. The highest BCUT2D eigenvalue weighted by Crippen LogP contribution is 2.24. The minimum absolute atomic E-state index is 0.120. The van der Waals surface area contributed by atoms with Crippen LogP contribution in [0.5, 0.6) is 5.75 Å².